The average molecular weight is 336 g/mol. The monoisotopic (exact) mass is 336 g/mol. The van der Waals surface area contributed by atoms with E-state index in [2.05, 4.69) is 9.62 Å². The normalized spacial score (nSPS) is 13.4. The van der Waals surface area contributed by atoms with Gasteiger partial charge in [-0.2, -0.15) is 0 Å². The lowest BCUT2D eigenvalue weighted by atomic mass is 10.2. The summed E-state index contributed by atoms with van der Waals surface area (Å²) in [6, 6.07) is 10.4. The zero-order chi connectivity index (χ0) is 16.9. The molecule has 0 amide bonds. The van der Waals surface area contributed by atoms with E-state index >= 15 is 0 Å². The van der Waals surface area contributed by atoms with Gasteiger partial charge >= 0.3 is 0 Å². The van der Waals surface area contributed by atoms with E-state index in [1.54, 1.807) is 30.5 Å². The van der Waals surface area contributed by atoms with E-state index in [1.807, 2.05) is 32.9 Å². The number of benzene rings is 1. The number of hydrogen-bond donors (Lipinski definition) is 1. The third kappa shape index (κ3) is 4.43. The number of rotatable bonds is 8. The molecule has 6 heteroatoms. The molecular weight excluding hydrogens is 312 g/mol. The quantitative estimate of drug-likeness (QED) is 0.805. The van der Waals surface area contributed by atoms with Crippen molar-refractivity contribution in [3.63, 3.8) is 0 Å². The van der Waals surface area contributed by atoms with E-state index in [4.69, 9.17) is 4.42 Å². The van der Waals surface area contributed by atoms with Crippen molar-refractivity contribution in [1.82, 2.24) is 9.62 Å². The van der Waals surface area contributed by atoms with Crippen LogP contribution in [0.25, 0.3) is 0 Å². The number of sulfonamides is 1. The van der Waals surface area contributed by atoms with Crippen LogP contribution < -0.4 is 4.72 Å². The number of hydrogen-bond acceptors (Lipinski definition) is 4. The summed E-state index contributed by atoms with van der Waals surface area (Å²) in [5, 5.41) is 0. The zero-order valence-corrected chi connectivity index (χ0v) is 14.6. The molecule has 0 saturated heterocycles. The van der Waals surface area contributed by atoms with Gasteiger partial charge in [-0.05, 0) is 44.3 Å². The van der Waals surface area contributed by atoms with E-state index in [0.29, 0.717) is 0 Å². The first kappa shape index (κ1) is 17.7. The summed E-state index contributed by atoms with van der Waals surface area (Å²) >= 11 is 0. The van der Waals surface area contributed by atoms with Crippen LogP contribution in [0, 0.1) is 6.92 Å². The topological polar surface area (TPSA) is 62.6 Å². The molecule has 0 aliphatic carbocycles. The first-order valence-electron chi connectivity index (χ1n) is 7.81. The summed E-state index contributed by atoms with van der Waals surface area (Å²) in [5.41, 5.74) is 1.03. The van der Waals surface area contributed by atoms with Gasteiger partial charge in [0.25, 0.3) is 0 Å². The third-order valence-corrected chi connectivity index (χ3v) is 5.36. The second-order valence-corrected chi connectivity index (χ2v) is 7.18. The second-order valence-electron chi connectivity index (χ2n) is 5.42. The summed E-state index contributed by atoms with van der Waals surface area (Å²) in [4.78, 5) is 2.44. The van der Waals surface area contributed by atoms with Crippen LogP contribution >= 0.6 is 0 Å². The van der Waals surface area contributed by atoms with Crippen molar-refractivity contribution in [2.24, 2.45) is 0 Å². The molecule has 0 bridgehead atoms. The van der Waals surface area contributed by atoms with Crippen molar-refractivity contribution in [3.8, 4) is 0 Å². The number of aryl methyl sites for hydroxylation is 1. The fourth-order valence-electron chi connectivity index (χ4n) is 2.54. The molecule has 1 unspecified atom stereocenters. The minimum absolute atomic E-state index is 0.125. The van der Waals surface area contributed by atoms with E-state index in [-0.39, 0.29) is 17.5 Å². The van der Waals surface area contributed by atoms with Crippen LogP contribution in [0.2, 0.25) is 0 Å². The van der Waals surface area contributed by atoms with Crippen LogP contribution in [0.15, 0.2) is 52.0 Å². The van der Waals surface area contributed by atoms with Gasteiger partial charge in [0.2, 0.25) is 10.0 Å². The van der Waals surface area contributed by atoms with Crippen LogP contribution in [-0.2, 0) is 10.0 Å². The molecule has 2 aromatic rings. The smallest absolute Gasteiger partial charge is 0.240 e. The Kier molecular flexibility index (Phi) is 5.98. The molecule has 0 radical (unpaired) electrons. The summed E-state index contributed by atoms with van der Waals surface area (Å²) < 4.78 is 33.1. The lowest BCUT2D eigenvalue weighted by Gasteiger charge is -2.28. The molecule has 0 fully saturated rings. The minimum atomic E-state index is -3.53. The van der Waals surface area contributed by atoms with Crippen LogP contribution in [0.5, 0.6) is 0 Å². The SMILES string of the molecule is CCN(CC)C(CNS(=O)(=O)c1ccc(C)cc1)c1ccco1. The maximum Gasteiger partial charge on any atom is 0.240 e. The van der Waals surface area contributed by atoms with Gasteiger partial charge < -0.3 is 4.42 Å². The molecule has 5 nitrogen and oxygen atoms in total. The first-order chi connectivity index (χ1) is 11.0. The number of likely N-dealkylation sites (N-methyl/N-ethyl adjacent to an activating group) is 1. The van der Waals surface area contributed by atoms with Gasteiger partial charge in [0.1, 0.15) is 5.76 Å². The highest BCUT2D eigenvalue weighted by Crippen LogP contribution is 2.21. The Morgan fingerprint density at radius 2 is 1.78 bits per heavy atom. The Balaban J connectivity index is 2.16. The predicted octanol–water partition coefficient (Wildman–Crippen LogP) is 2.95. The van der Waals surface area contributed by atoms with Crippen LogP contribution in [-0.4, -0.2) is 33.0 Å². The fraction of sp³-hybridized carbons (Fsp3) is 0.412. The number of nitrogens with zero attached hydrogens (tertiary/aromatic N) is 1. The van der Waals surface area contributed by atoms with E-state index in [0.717, 1.165) is 24.4 Å². The van der Waals surface area contributed by atoms with Gasteiger partial charge in [0, 0.05) is 6.54 Å². The van der Waals surface area contributed by atoms with E-state index in [9.17, 15) is 8.42 Å². The highest BCUT2D eigenvalue weighted by molar-refractivity contribution is 7.89. The molecule has 0 aliphatic heterocycles. The lowest BCUT2D eigenvalue weighted by Crippen LogP contribution is -2.37. The Bertz CT molecular complexity index is 690. The Labute approximate surface area is 138 Å². The van der Waals surface area contributed by atoms with Gasteiger partial charge in [-0.25, -0.2) is 13.1 Å². The maximum atomic E-state index is 12.5. The van der Waals surface area contributed by atoms with Gasteiger partial charge in [-0.15, -0.1) is 0 Å². The first-order valence-corrected chi connectivity index (χ1v) is 9.30. The van der Waals surface area contributed by atoms with Gasteiger partial charge in [-0.1, -0.05) is 31.5 Å². The Morgan fingerprint density at radius 1 is 1.13 bits per heavy atom. The molecule has 126 valence electrons. The Hall–Kier alpha value is -1.63. The molecular formula is C17H24N2O3S. The van der Waals surface area contributed by atoms with Crippen LogP contribution in [0.1, 0.15) is 31.2 Å². The molecule has 23 heavy (non-hydrogen) atoms. The highest BCUT2D eigenvalue weighted by atomic mass is 32.2. The van der Waals surface area contributed by atoms with Crippen molar-refractivity contribution in [1.29, 1.82) is 0 Å². The maximum absolute atomic E-state index is 12.5. The standard InChI is InChI=1S/C17H24N2O3S/c1-4-19(5-2)16(17-7-6-12-22-17)13-18-23(20,21)15-10-8-14(3)9-11-15/h6-12,16,18H,4-5,13H2,1-3H3. The third-order valence-electron chi connectivity index (χ3n) is 3.92. The van der Waals surface area contributed by atoms with Crippen molar-refractivity contribution in [2.45, 2.75) is 31.7 Å². The molecule has 1 aromatic heterocycles. The molecule has 1 atom stereocenters. The molecule has 2 rings (SSSR count). The van der Waals surface area contributed by atoms with Crippen molar-refractivity contribution in [3.05, 3.63) is 54.0 Å². The van der Waals surface area contributed by atoms with Crippen molar-refractivity contribution >= 4 is 10.0 Å². The number of nitrogens with one attached hydrogen (secondary N) is 1. The highest BCUT2D eigenvalue weighted by Gasteiger charge is 2.23. The number of furan rings is 1. The molecule has 1 aromatic carbocycles. The minimum Gasteiger partial charge on any atom is -0.468 e. The van der Waals surface area contributed by atoms with Crippen LogP contribution in [0.3, 0.4) is 0 Å². The summed E-state index contributed by atoms with van der Waals surface area (Å²) in [5.74, 6) is 0.764. The lowest BCUT2D eigenvalue weighted by molar-refractivity contribution is 0.194. The van der Waals surface area contributed by atoms with E-state index in [1.165, 1.54) is 0 Å². The summed E-state index contributed by atoms with van der Waals surface area (Å²) in [7, 11) is -3.53. The largest absolute Gasteiger partial charge is 0.468 e. The van der Waals surface area contributed by atoms with Gasteiger partial charge in [0.15, 0.2) is 0 Å². The average Bonchev–Trinajstić information content (AvgIpc) is 3.06. The molecule has 1 N–H and O–H groups in total. The fourth-order valence-corrected chi connectivity index (χ4v) is 3.58. The zero-order valence-electron chi connectivity index (χ0n) is 13.8. The van der Waals surface area contributed by atoms with Crippen molar-refractivity contribution < 1.29 is 12.8 Å². The van der Waals surface area contributed by atoms with Gasteiger partial charge in [-0.3, -0.25) is 4.90 Å². The molecule has 0 aliphatic rings. The Morgan fingerprint density at radius 3 is 2.30 bits per heavy atom. The summed E-state index contributed by atoms with van der Waals surface area (Å²) in [6.07, 6.45) is 1.61. The molecule has 0 saturated carbocycles. The van der Waals surface area contributed by atoms with Crippen LogP contribution in [0.4, 0.5) is 0 Å². The predicted molar refractivity (Wildman–Crippen MR) is 90.7 cm³/mol. The van der Waals surface area contributed by atoms with Gasteiger partial charge in [0.05, 0.1) is 17.2 Å². The second kappa shape index (κ2) is 7.77. The van der Waals surface area contributed by atoms with Crippen molar-refractivity contribution in [2.75, 3.05) is 19.6 Å². The van der Waals surface area contributed by atoms with E-state index < -0.39 is 10.0 Å². The molecule has 0 spiro atoms. The summed E-state index contributed by atoms with van der Waals surface area (Å²) in [6.45, 7) is 7.92. The molecule has 1 heterocycles.